The molecule has 0 spiro atoms. The Balaban J connectivity index is 2.47. The summed E-state index contributed by atoms with van der Waals surface area (Å²) in [6.07, 6.45) is 1.91. The zero-order chi connectivity index (χ0) is 18.1. The molecule has 0 radical (unpaired) electrons. The standard InChI is InChI=1S/C19H26N2O3/c1-19(2,3)21-16(13-7-9-14(24-6)10-8-13)11-17(22)15(18(21)23)12-20(4)5/h7-10,12,16H,11H2,1-6H3/b15-12-. The van der Waals surface area contributed by atoms with Crippen LogP contribution in [0.3, 0.4) is 0 Å². The first-order valence-electron chi connectivity index (χ1n) is 8.04. The normalized spacial score (nSPS) is 20.5. The second-order valence-corrected chi connectivity index (χ2v) is 7.27. The van der Waals surface area contributed by atoms with Crippen LogP contribution in [0.4, 0.5) is 0 Å². The minimum atomic E-state index is -0.395. The van der Waals surface area contributed by atoms with Crippen molar-refractivity contribution in [3.8, 4) is 5.75 Å². The van der Waals surface area contributed by atoms with E-state index in [-0.39, 0.29) is 29.7 Å². The molecule has 1 aromatic rings. The fraction of sp³-hybridized carbons (Fsp3) is 0.474. The minimum absolute atomic E-state index is 0.116. The topological polar surface area (TPSA) is 49.9 Å². The number of ether oxygens (including phenoxy) is 1. The van der Waals surface area contributed by atoms with Crippen LogP contribution in [0.15, 0.2) is 36.0 Å². The molecule has 1 aliphatic rings. The third-order valence-corrected chi connectivity index (χ3v) is 4.05. The maximum Gasteiger partial charge on any atom is 0.259 e. The molecule has 1 aliphatic heterocycles. The smallest absolute Gasteiger partial charge is 0.259 e. The molecule has 0 aliphatic carbocycles. The Kier molecular flexibility index (Phi) is 5.02. The highest BCUT2D eigenvalue weighted by Gasteiger charge is 2.42. The van der Waals surface area contributed by atoms with Crippen molar-refractivity contribution in [3.63, 3.8) is 0 Å². The van der Waals surface area contributed by atoms with E-state index in [1.807, 2.05) is 64.0 Å². The van der Waals surface area contributed by atoms with Crippen LogP contribution in [0.1, 0.15) is 38.8 Å². The number of rotatable bonds is 3. The molecular weight excluding hydrogens is 304 g/mol. The van der Waals surface area contributed by atoms with Crippen LogP contribution >= 0.6 is 0 Å². The van der Waals surface area contributed by atoms with Crippen molar-refractivity contribution in [2.75, 3.05) is 21.2 Å². The SMILES string of the molecule is COc1ccc(C2CC(=O)/C(=C/N(C)C)C(=O)N2C(C)(C)C)cc1. The van der Waals surface area contributed by atoms with Crippen LogP contribution in [0.2, 0.25) is 0 Å². The number of Topliss-reactive ketones (excluding diaryl/α,β-unsaturated/α-hetero) is 1. The first kappa shape index (κ1) is 18.0. The van der Waals surface area contributed by atoms with Gasteiger partial charge in [-0.25, -0.2) is 0 Å². The van der Waals surface area contributed by atoms with Gasteiger partial charge in [-0.1, -0.05) is 12.1 Å². The number of carbonyl (C=O) groups excluding carboxylic acids is 2. The van der Waals surface area contributed by atoms with E-state index in [2.05, 4.69) is 0 Å². The van der Waals surface area contributed by atoms with Gasteiger partial charge < -0.3 is 14.5 Å². The van der Waals surface area contributed by atoms with Crippen molar-refractivity contribution in [1.82, 2.24) is 9.80 Å². The van der Waals surface area contributed by atoms with Crippen molar-refractivity contribution in [2.24, 2.45) is 0 Å². The molecule has 1 aromatic carbocycles. The number of carbonyl (C=O) groups is 2. The Morgan fingerprint density at radius 1 is 1.17 bits per heavy atom. The number of benzene rings is 1. The molecule has 24 heavy (non-hydrogen) atoms. The van der Waals surface area contributed by atoms with E-state index in [1.165, 1.54) is 0 Å². The lowest BCUT2D eigenvalue weighted by Gasteiger charge is -2.45. The van der Waals surface area contributed by atoms with Crippen LogP contribution in [0, 0.1) is 0 Å². The van der Waals surface area contributed by atoms with E-state index in [4.69, 9.17) is 4.74 Å². The first-order chi connectivity index (χ1) is 11.1. The van der Waals surface area contributed by atoms with Gasteiger partial charge in [-0.15, -0.1) is 0 Å². The number of methoxy groups -OCH3 is 1. The lowest BCUT2D eigenvalue weighted by molar-refractivity contribution is -0.142. The highest BCUT2D eigenvalue weighted by Crippen LogP contribution is 2.37. The Labute approximate surface area is 143 Å². The fourth-order valence-electron chi connectivity index (χ4n) is 3.02. The van der Waals surface area contributed by atoms with Crippen molar-refractivity contribution in [2.45, 2.75) is 38.8 Å². The maximum atomic E-state index is 13.0. The first-order valence-corrected chi connectivity index (χ1v) is 8.04. The van der Waals surface area contributed by atoms with Gasteiger partial charge in [0.15, 0.2) is 5.78 Å². The summed E-state index contributed by atoms with van der Waals surface area (Å²) in [5.74, 6) is 0.422. The zero-order valence-corrected chi connectivity index (χ0v) is 15.3. The maximum absolute atomic E-state index is 13.0. The Morgan fingerprint density at radius 2 is 1.75 bits per heavy atom. The van der Waals surface area contributed by atoms with E-state index in [1.54, 1.807) is 18.2 Å². The largest absolute Gasteiger partial charge is 0.497 e. The summed E-state index contributed by atoms with van der Waals surface area (Å²) in [7, 11) is 5.23. The van der Waals surface area contributed by atoms with Crippen molar-refractivity contribution in [1.29, 1.82) is 0 Å². The Bertz CT molecular complexity index is 654. The molecule has 1 heterocycles. The molecule has 130 valence electrons. The van der Waals surface area contributed by atoms with Gasteiger partial charge in [-0.3, -0.25) is 9.59 Å². The van der Waals surface area contributed by atoms with E-state index in [0.717, 1.165) is 11.3 Å². The molecule has 0 bridgehead atoms. The molecule has 5 heteroatoms. The number of hydrogen-bond donors (Lipinski definition) is 0. The van der Waals surface area contributed by atoms with Gasteiger partial charge in [0.05, 0.1) is 18.7 Å². The molecule has 0 N–H and O–H groups in total. The highest BCUT2D eigenvalue weighted by atomic mass is 16.5. The number of hydrogen-bond acceptors (Lipinski definition) is 4. The number of piperidine rings is 1. The summed E-state index contributed by atoms with van der Waals surface area (Å²) in [4.78, 5) is 29.1. The molecule has 1 fully saturated rings. The molecule has 1 saturated heterocycles. The van der Waals surface area contributed by atoms with Gasteiger partial charge in [-0.2, -0.15) is 0 Å². The van der Waals surface area contributed by atoms with E-state index >= 15 is 0 Å². The number of nitrogens with zero attached hydrogens (tertiary/aromatic N) is 2. The van der Waals surface area contributed by atoms with Gasteiger partial charge in [0.25, 0.3) is 5.91 Å². The number of amides is 1. The monoisotopic (exact) mass is 330 g/mol. The zero-order valence-electron chi connectivity index (χ0n) is 15.3. The third kappa shape index (κ3) is 3.61. The molecular formula is C19H26N2O3. The van der Waals surface area contributed by atoms with Gasteiger partial charge in [-0.05, 0) is 38.5 Å². The Hall–Kier alpha value is -2.30. The highest BCUT2D eigenvalue weighted by molar-refractivity contribution is 6.21. The lowest BCUT2D eigenvalue weighted by Crippen LogP contribution is -2.52. The van der Waals surface area contributed by atoms with E-state index in [0.29, 0.717) is 0 Å². The van der Waals surface area contributed by atoms with Crippen molar-refractivity contribution >= 4 is 11.7 Å². The second-order valence-electron chi connectivity index (χ2n) is 7.27. The Morgan fingerprint density at radius 3 is 2.21 bits per heavy atom. The minimum Gasteiger partial charge on any atom is -0.497 e. The molecule has 0 aromatic heterocycles. The summed E-state index contributed by atoms with van der Waals surface area (Å²) in [6.45, 7) is 5.97. The van der Waals surface area contributed by atoms with Gasteiger partial charge in [0, 0.05) is 32.3 Å². The van der Waals surface area contributed by atoms with Crippen LogP contribution in [0.5, 0.6) is 5.75 Å². The molecule has 2 rings (SSSR count). The molecule has 1 unspecified atom stereocenters. The van der Waals surface area contributed by atoms with Crippen LogP contribution in [-0.4, -0.2) is 48.2 Å². The van der Waals surface area contributed by atoms with Gasteiger partial charge >= 0.3 is 0 Å². The van der Waals surface area contributed by atoms with Crippen LogP contribution in [0.25, 0.3) is 0 Å². The summed E-state index contributed by atoms with van der Waals surface area (Å²) in [5.41, 5.74) is 0.796. The summed E-state index contributed by atoms with van der Waals surface area (Å²) >= 11 is 0. The number of ketones is 1. The van der Waals surface area contributed by atoms with Gasteiger partial charge in [0.2, 0.25) is 0 Å². The van der Waals surface area contributed by atoms with Crippen molar-refractivity contribution < 1.29 is 14.3 Å². The van der Waals surface area contributed by atoms with E-state index < -0.39 is 5.54 Å². The quantitative estimate of drug-likeness (QED) is 0.632. The van der Waals surface area contributed by atoms with Crippen LogP contribution in [-0.2, 0) is 9.59 Å². The average Bonchev–Trinajstić information content (AvgIpc) is 2.49. The van der Waals surface area contributed by atoms with Gasteiger partial charge in [0.1, 0.15) is 5.75 Å². The lowest BCUT2D eigenvalue weighted by atomic mass is 9.87. The summed E-state index contributed by atoms with van der Waals surface area (Å²) < 4.78 is 5.19. The average molecular weight is 330 g/mol. The summed E-state index contributed by atoms with van der Waals surface area (Å²) in [6, 6.07) is 7.29. The molecule has 1 atom stereocenters. The molecule has 1 amide bonds. The predicted molar refractivity (Wildman–Crippen MR) is 93.7 cm³/mol. The number of likely N-dealkylation sites (tertiary alicyclic amines) is 1. The fourth-order valence-corrected chi connectivity index (χ4v) is 3.02. The molecule has 5 nitrogen and oxygen atoms in total. The van der Waals surface area contributed by atoms with Crippen LogP contribution < -0.4 is 4.74 Å². The predicted octanol–water partition coefficient (Wildman–Crippen LogP) is 2.78. The third-order valence-electron chi connectivity index (χ3n) is 4.05. The second kappa shape index (κ2) is 6.67. The van der Waals surface area contributed by atoms with E-state index in [9.17, 15) is 9.59 Å². The summed E-state index contributed by atoms with van der Waals surface area (Å²) in [5, 5.41) is 0. The van der Waals surface area contributed by atoms with Crippen molar-refractivity contribution in [3.05, 3.63) is 41.6 Å². The molecule has 0 saturated carbocycles.